The fourth-order valence-corrected chi connectivity index (χ4v) is 2.60. The zero-order valence-corrected chi connectivity index (χ0v) is 12.8. The number of fused-ring (bicyclic) bond motifs is 1. The van der Waals surface area contributed by atoms with Gasteiger partial charge in [-0.3, -0.25) is 0 Å². The molecule has 3 rings (SSSR count). The highest BCUT2D eigenvalue weighted by atomic mass is 35.5. The Morgan fingerprint density at radius 2 is 2.05 bits per heavy atom. The second-order valence-electron chi connectivity index (χ2n) is 4.65. The molecule has 6 heteroatoms. The molecule has 0 saturated carbocycles. The van der Waals surface area contributed by atoms with Gasteiger partial charge in [0.15, 0.2) is 0 Å². The van der Waals surface area contributed by atoms with Gasteiger partial charge in [0.05, 0.1) is 14.2 Å². The van der Waals surface area contributed by atoms with Crippen molar-refractivity contribution in [3.05, 3.63) is 47.4 Å². The molecule has 0 fully saturated rings. The van der Waals surface area contributed by atoms with Gasteiger partial charge < -0.3 is 14.5 Å². The number of pyridine rings is 1. The van der Waals surface area contributed by atoms with Gasteiger partial charge in [0.25, 0.3) is 0 Å². The number of halogens is 1. The minimum atomic E-state index is -0.422. The van der Waals surface area contributed by atoms with E-state index in [0.717, 1.165) is 22.0 Å². The minimum absolute atomic E-state index is 0.382. The fraction of sp³-hybridized carbons (Fsp3) is 0.125. The van der Waals surface area contributed by atoms with Crippen molar-refractivity contribution in [1.29, 1.82) is 0 Å². The summed E-state index contributed by atoms with van der Waals surface area (Å²) in [7, 11) is 2.94. The lowest BCUT2D eigenvalue weighted by atomic mass is 10.0. The molecule has 0 spiro atoms. The number of aromatic amines is 1. The molecule has 1 aromatic carbocycles. The maximum absolute atomic E-state index is 11.7. The number of carbonyl (C=O) groups excluding carboxylic acids is 1. The van der Waals surface area contributed by atoms with Crippen molar-refractivity contribution in [2.75, 3.05) is 14.2 Å². The van der Waals surface area contributed by atoms with Gasteiger partial charge >= 0.3 is 5.97 Å². The van der Waals surface area contributed by atoms with Crippen LogP contribution in [0.15, 0.2) is 36.5 Å². The first kappa shape index (κ1) is 14.4. The number of esters is 1. The van der Waals surface area contributed by atoms with Crippen molar-refractivity contribution in [1.82, 2.24) is 9.97 Å². The topological polar surface area (TPSA) is 64.2 Å². The monoisotopic (exact) mass is 316 g/mol. The lowest BCUT2D eigenvalue weighted by Gasteiger charge is -2.10. The molecular weight excluding hydrogens is 304 g/mol. The Morgan fingerprint density at radius 1 is 1.23 bits per heavy atom. The average molecular weight is 317 g/mol. The number of hydrogen-bond acceptors (Lipinski definition) is 4. The third kappa shape index (κ3) is 2.40. The number of nitrogens with one attached hydrogen (secondary N) is 1. The number of carbonyl (C=O) groups is 1. The van der Waals surface area contributed by atoms with E-state index >= 15 is 0 Å². The number of methoxy groups -OCH3 is 2. The highest BCUT2D eigenvalue weighted by Gasteiger charge is 2.16. The Balaban J connectivity index is 2.30. The summed E-state index contributed by atoms with van der Waals surface area (Å²) in [6.07, 6.45) is 1.63. The van der Waals surface area contributed by atoms with Crippen LogP contribution in [0.3, 0.4) is 0 Å². The Morgan fingerprint density at radius 3 is 2.73 bits per heavy atom. The van der Waals surface area contributed by atoms with Gasteiger partial charge in [0.2, 0.25) is 0 Å². The van der Waals surface area contributed by atoms with Gasteiger partial charge in [-0.1, -0.05) is 11.6 Å². The summed E-state index contributed by atoms with van der Waals surface area (Å²) in [5.74, 6) is 0.263. The van der Waals surface area contributed by atoms with Crippen molar-refractivity contribution >= 4 is 28.5 Å². The summed E-state index contributed by atoms with van der Waals surface area (Å²) in [5.41, 5.74) is 2.89. The first-order valence-electron chi connectivity index (χ1n) is 6.54. The average Bonchev–Trinajstić information content (AvgIpc) is 2.97. The number of rotatable bonds is 3. The molecule has 5 nitrogen and oxygen atoms in total. The van der Waals surface area contributed by atoms with Crippen LogP contribution < -0.4 is 4.74 Å². The standard InChI is InChI=1S/C16H13ClN2O3/c1-21-13-4-3-11-10(8-12(19-11)16(20)22-2)15(13)9-5-6-18-14(17)7-9/h3-8,19H,1-2H3. The normalized spacial score (nSPS) is 10.7. The van der Waals surface area contributed by atoms with Crippen LogP contribution in [0.25, 0.3) is 22.0 Å². The van der Waals surface area contributed by atoms with Gasteiger partial charge in [0, 0.05) is 22.7 Å². The SMILES string of the molecule is COC(=O)c1cc2c(-c3ccnc(Cl)c3)c(OC)ccc2[nH]1. The van der Waals surface area contributed by atoms with Crippen molar-refractivity contribution in [2.24, 2.45) is 0 Å². The maximum Gasteiger partial charge on any atom is 0.354 e. The van der Waals surface area contributed by atoms with Gasteiger partial charge in [-0.2, -0.15) is 0 Å². The summed E-state index contributed by atoms with van der Waals surface area (Å²) < 4.78 is 10.2. The number of hydrogen-bond donors (Lipinski definition) is 1. The van der Waals surface area contributed by atoms with Crippen LogP contribution in [0, 0.1) is 0 Å². The van der Waals surface area contributed by atoms with E-state index in [-0.39, 0.29) is 0 Å². The molecule has 0 atom stereocenters. The molecule has 0 unspecified atom stereocenters. The van der Waals surface area contributed by atoms with Gasteiger partial charge in [0.1, 0.15) is 16.6 Å². The van der Waals surface area contributed by atoms with Crippen molar-refractivity contribution in [3.63, 3.8) is 0 Å². The summed E-state index contributed by atoms with van der Waals surface area (Å²) >= 11 is 5.99. The molecule has 0 saturated heterocycles. The van der Waals surface area contributed by atoms with Crippen LogP contribution in [-0.4, -0.2) is 30.2 Å². The summed E-state index contributed by atoms with van der Waals surface area (Å²) in [5, 5.41) is 1.24. The van der Waals surface area contributed by atoms with E-state index in [1.807, 2.05) is 18.2 Å². The summed E-state index contributed by atoms with van der Waals surface area (Å²) in [6.45, 7) is 0. The Labute approximate surface area is 131 Å². The van der Waals surface area contributed by atoms with E-state index in [2.05, 4.69) is 9.97 Å². The van der Waals surface area contributed by atoms with Crippen molar-refractivity contribution in [3.8, 4) is 16.9 Å². The fourth-order valence-electron chi connectivity index (χ4n) is 2.43. The molecule has 112 valence electrons. The minimum Gasteiger partial charge on any atom is -0.496 e. The second-order valence-corrected chi connectivity index (χ2v) is 5.03. The third-order valence-corrected chi connectivity index (χ3v) is 3.61. The largest absolute Gasteiger partial charge is 0.496 e. The van der Waals surface area contributed by atoms with E-state index < -0.39 is 5.97 Å². The van der Waals surface area contributed by atoms with Crippen LogP contribution in [0.4, 0.5) is 0 Å². The highest BCUT2D eigenvalue weighted by Crippen LogP contribution is 2.37. The molecule has 0 bridgehead atoms. The molecule has 0 aliphatic rings. The van der Waals surface area contributed by atoms with E-state index in [1.54, 1.807) is 25.4 Å². The van der Waals surface area contributed by atoms with E-state index in [1.165, 1.54) is 7.11 Å². The maximum atomic E-state index is 11.7. The van der Waals surface area contributed by atoms with E-state index in [0.29, 0.717) is 16.6 Å². The Hall–Kier alpha value is -2.53. The molecular formula is C16H13ClN2O3. The zero-order valence-electron chi connectivity index (χ0n) is 12.0. The van der Waals surface area contributed by atoms with Crippen molar-refractivity contribution < 1.29 is 14.3 Å². The first-order chi connectivity index (χ1) is 10.6. The molecule has 0 radical (unpaired) electrons. The van der Waals surface area contributed by atoms with Crippen LogP contribution in [-0.2, 0) is 4.74 Å². The third-order valence-electron chi connectivity index (χ3n) is 3.41. The molecule has 2 aromatic heterocycles. The highest BCUT2D eigenvalue weighted by molar-refractivity contribution is 6.29. The molecule has 3 aromatic rings. The number of ether oxygens (including phenoxy) is 2. The van der Waals surface area contributed by atoms with Gasteiger partial charge in [-0.15, -0.1) is 0 Å². The predicted molar refractivity (Wildman–Crippen MR) is 84.4 cm³/mol. The van der Waals surface area contributed by atoms with Gasteiger partial charge in [-0.25, -0.2) is 9.78 Å². The van der Waals surface area contributed by atoms with Gasteiger partial charge in [-0.05, 0) is 35.9 Å². The number of benzene rings is 1. The van der Waals surface area contributed by atoms with Crippen LogP contribution >= 0.6 is 11.6 Å². The quantitative estimate of drug-likeness (QED) is 0.591. The smallest absolute Gasteiger partial charge is 0.354 e. The van der Waals surface area contributed by atoms with Crippen LogP contribution in [0.1, 0.15) is 10.5 Å². The van der Waals surface area contributed by atoms with E-state index in [4.69, 9.17) is 21.1 Å². The Bertz CT molecular complexity index is 858. The molecule has 0 amide bonds. The Kier molecular flexibility index (Phi) is 3.73. The molecule has 0 aliphatic heterocycles. The molecule has 1 N–H and O–H groups in total. The van der Waals surface area contributed by atoms with Crippen LogP contribution in [0.2, 0.25) is 5.15 Å². The van der Waals surface area contributed by atoms with E-state index in [9.17, 15) is 4.79 Å². The predicted octanol–water partition coefficient (Wildman–Crippen LogP) is 3.68. The zero-order chi connectivity index (χ0) is 15.7. The summed E-state index contributed by atoms with van der Waals surface area (Å²) in [4.78, 5) is 18.8. The lowest BCUT2D eigenvalue weighted by molar-refractivity contribution is 0.0595. The second kappa shape index (κ2) is 5.69. The summed E-state index contributed by atoms with van der Waals surface area (Å²) in [6, 6.07) is 9.03. The van der Waals surface area contributed by atoms with Crippen molar-refractivity contribution in [2.45, 2.75) is 0 Å². The number of H-pyrrole nitrogens is 1. The number of nitrogens with zero attached hydrogens (tertiary/aromatic N) is 1. The lowest BCUT2D eigenvalue weighted by Crippen LogP contribution is -2.00. The number of aromatic nitrogens is 2. The molecule has 0 aliphatic carbocycles. The molecule has 22 heavy (non-hydrogen) atoms. The molecule has 2 heterocycles. The van der Waals surface area contributed by atoms with Crippen LogP contribution in [0.5, 0.6) is 5.75 Å². The first-order valence-corrected chi connectivity index (χ1v) is 6.92.